The van der Waals surface area contributed by atoms with E-state index in [4.69, 9.17) is 14.5 Å². The van der Waals surface area contributed by atoms with Crippen molar-refractivity contribution in [3.05, 3.63) is 83.6 Å². The van der Waals surface area contributed by atoms with Crippen LogP contribution in [0.15, 0.2) is 66.7 Å². The lowest BCUT2D eigenvalue weighted by Crippen LogP contribution is -2.39. The molecule has 0 bridgehead atoms. The Kier molecular flexibility index (Phi) is 6.63. The van der Waals surface area contributed by atoms with Crippen molar-refractivity contribution in [1.29, 1.82) is 0 Å². The highest BCUT2D eigenvalue weighted by Crippen LogP contribution is 2.26. The number of hydrogen-bond acceptors (Lipinski definition) is 5. The Labute approximate surface area is 183 Å². The van der Waals surface area contributed by atoms with Gasteiger partial charge in [0.15, 0.2) is 0 Å². The number of aromatic nitrogens is 1. The summed E-state index contributed by atoms with van der Waals surface area (Å²) in [5.41, 5.74) is 5.58. The second-order valence-corrected chi connectivity index (χ2v) is 7.95. The number of esters is 1. The third-order valence-corrected chi connectivity index (χ3v) is 5.79. The van der Waals surface area contributed by atoms with Gasteiger partial charge in [-0.25, -0.2) is 0 Å². The molecule has 0 aliphatic carbocycles. The molecular weight excluding hydrogens is 388 g/mol. The van der Waals surface area contributed by atoms with Crippen LogP contribution in [0, 0.1) is 0 Å². The highest BCUT2D eigenvalue weighted by molar-refractivity contribution is 5.69. The van der Waals surface area contributed by atoms with Crippen molar-refractivity contribution in [3.8, 4) is 17.0 Å². The number of methoxy groups -OCH3 is 1. The molecular formula is C26H28N2O3. The number of pyridine rings is 1. The van der Waals surface area contributed by atoms with Gasteiger partial charge in [-0.1, -0.05) is 36.4 Å². The molecule has 0 fully saturated rings. The van der Waals surface area contributed by atoms with Gasteiger partial charge in [-0.15, -0.1) is 0 Å². The van der Waals surface area contributed by atoms with Crippen LogP contribution in [-0.2, 0) is 29.1 Å². The molecule has 0 amide bonds. The molecule has 5 nitrogen and oxygen atoms in total. The first kappa shape index (κ1) is 21.1. The minimum atomic E-state index is -0.164. The van der Waals surface area contributed by atoms with Gasteiger partial charge in [0.25, 0.3) is 0 Å². The summed E-state index contributed by atoms with van der Waals surface area (Å²) in [6, 6.07) is 22.7. The minimum Gasteiger partial charge on any atom is -0.489 e. The van der Waals surface area contributed by atoms with Gasteiger partial charge >= 0.3 is 5.97 Å². The Morgan fingerprint density at radius 1 is 1.06 bits per heavy atom. The summed E-state index contributed by atoms with van der Waals surface area (Å²) < 4.78 is 10.7. The number of fused-ring (bicyclic) bond motifs is 1. The summed E-state index contributed by atoms with van der Waals surface area (Å²) in [6.07, 6.45) is 1.29. The lowest BCUT2D eigenvalue weighted by Gasteiger charge is -2.32. The van der Waals surface area contributed by atoms with Crippen molar-refractivity contribution < 1.29 is 14.3 Å². The van der Waals surface area contributed by atoms with E-state index in [0.717, 1.165) is 47.8 Å². The molecule has 160 valence electrons. The van der Waals surface area contributed by atoms with Gasteiger partial charge < -0.3 is 9.47 Å². The van der Waals surface area contributed by atoms with Crippen molar-refractivity contribution in [2.75, 3.05) is 13.7 Å². The average molecular weight is 417 g/mol. The Morgan fingerprint density at radius 3 is 2.58 bits per heavy atom. The van der Waals surface area contributed by atoms with Crippen molar-refractivity contribution >= 4 is 5.97 Å². The second-order valence-electron chi connectivity index (χ2n) is 7.95. The maximum absolute atomic E-state index is 11.6. The molecule has 0 saturated heterocycles. The van der Waals surface area contributed by atoms with Crippen LogP contribution < -0.4 is 4.74 Å². The zero-order valence-corrected chi connectivity index (χ0v) is 18.1. The van der Waals surface area contributed by atoms with Gasteiger partial charge in [0, 0.05) is 36.8 Å². The van der Waals surface area contributed by atoms with Crippen LogP contribution in [0.3, 0.4) is 0 Å². The molecule has 1 unspecified atom stereocenters. The maximum Gasteiger partial charge on any atom is 0.307 e. The predicted octanol–water partition coefficient (Wildman–Crippen LogP) is 4.64. The van der Waals surface area contributed by atoms with Crippen LogP contribution >= 0.6 is 0 Å². The Morgan fingerprint density at radius 2 is 1.84 bits per heavy atom. The van der Waals surface area contributed by atoms with Gasteiger partial charge in [-0.2, -0.15) is 0 Å². The largest absolute Gasteiger partial charge is 0.489 e. The van der Waals surface area contributed by atoms with Gasteiger partial charge in [-0.3, -0.25) is 14.7 Å². The van der Waals surface area contributed by atoms with Crippen molar-refractivity contribution in [2.45, 2.75) is 39.0 Å². The standard InChI is InChI=1S/C26H28N2O3/c1-19(16-26(29)30-2)28-15-14-25-22(17-28)10-13-24(27-25)21-8-11-23(12-9-21)31-18-20-6-4-3-5-7-20/h3-13,19H,14-18H2,1-2H3. The van der Waals surface area contributed by atoms with Crippen molar-refractivity contribution in [3.63, 3.8) is 0 Å². The van der Waals surface area contributed by atoms with E-state index in [0.29, 0.717) is 13.0 Å². The molecule has 5 heteroatoms. The van der Waals surface area contributed by atoms with Gasteiger partial charge in [-0.05, 0) is 48.4 Å². The monoisotopic (exact) mass is 416 g/mol. The first-order valence-electron chi connectivity index (χ1n) is 10.7. The fraction of sp³-hybridized carbons (Fsp3) is 0.308. The lowest BCUT2D eigenvalue weighted by atomic mass is 10.0. The van der Waals surface area contributed by atoms with Crippen LogP contribution in [-0.4, -0.2) is 35.5 Å². The van der Waals surface area contributed by atoms with Crippen molar-refractivity contribution in [1.82, 2.24) is 9.88 Å². The highest BCUT2D eigenvalue weighted by Gasteiger charge is 2.23. The van der Waals surface area contributed by atoms with Gasteiger partial charge in [0.2, 0.25) is 0 Å². The molecule has 1 aliphatic rings. The molecule has 1 atom stereocenters. The first-order chi connectivity index (χ1) is 15.1. The summed E-state index contributed by atoms with van der Waals surface area (Å²) in [7, 11) is 1.44. The topological polar surface area (TPSA) is 51.7 Å². The quantitative estimate of drug-likeness (QED) is 0.525. The first-order valence-corrected chi connectivity index (χ1v) is 10.7. The zero-order chi connectivity index (χ0) is 21.6. The van der Waals surface area contributed by atoms with E-state index in [1.165, 1.54) is 12.7 Å². The van der Waals surface area contributed by atoms with Crippen LogP contribution in [0.25, 0.3) is 11.3 Å². The van der Waals surface area contributed by atoms with E-state index in [1.807, 2.05) is 30.3 Å². The van der Waals surface area contributed by atoms with Crippen LogP contribution in [0.4, 0.5) is 0 Å². The summed E-state index contributed by atoms with van der Waals surface area (Å²) >= 11 is 0. The number of benzene rings is 2. The molecule has 4 rings (SSSR count). The van der Waals surface area contributed by atoms with E-state index >= 15 is 0 Å². The van der Waals surface area contributed by atoms with E-state index < -0.39 is 0 Å². The Bertz CT molecular complexity index is 1020. The van der Waals surface area contributed by atoms with E-state index in [-0.39, 0.29) is 12.0 Å². The number of carbonyl (C=O) groups is 1. The van der Waals surface area contributed by atoms with Crippen LogP contribution in [0.5, 0.6) is 5.75 Å². The molecule has 0 radical (unpaired) electrons. The highest BCUT2D eigenvalue weighted by atomic mass is 16.5. The van der Waals surface area contributed by atoms with E-state index in [9.17, 15) is 4.79 Å². The minimum absolute atomic E-state index is 0.156. The summed E-state index contributed by atoms with van der Waals surface area (Å²) in [4.78, 5) is 18.8. The third kappa shape index (κ3) is 5.30. The smallest absolute Gasteiger partial charge is 0.307 e. The molecule has 1 aliphatic heterocycles. The summed E-state index contributed by atoms with van der Waals surface area (Å²) in [6.45, 7) is 4.34. The Balaban J connectivity index is 1.39. The lowest BCUT2D eigenvalue weighted by molar-refractivity contribution is -0.142. The van der Waals surface area contributed by atoms with Gasteiger partial charge in [0.1, 0.15) is 12.4 Å². The van der Waals surface area contributed by atoms with Gasteiger partial charge in [0.05, 0.1) is 19.2 Å². The normalized spacial score (nSPS) is 14.5. The zero-order valence-electron chi connectivity index (χ0n) is 18.1. The number of carbonyl (C=O) groups excluding carboxylic acids is 1. The summed E-state index contributed by atoms with van der Waals surface area (Å²) in [5.74, 6) is 0.684. The fourth-order valence-corrected chi connectivity index (χ4v) is 3.89. The number of ether oxygens (including phenoxy) is 2. The number of hydrogen-bond donors (Lipinski definition) is 0. The maximum atomic E-state index is 11.6. The fourth-order valence-electron chi connectivity index (χ4n) is 3.89. The predicted molar refractivity (Wildman–Crippen MR) is 121 cm³/mol. The van der Waals surface area contributed by atoms with Crippen LogP contribution in [0.2, 0.25) is 0 Å². The molecule has 0 spiro atoms. The number of nitrogens with zero attached hydrogens (tertiary/aromatic N) is 2. The van der Waals surface area contributed by atoms with E-state index in [1.54, 1.807) is 0 Å². The van der Waals surface area contributed by atoms with Crippen molar-refractivity contribution in [2.24, 2.45) is 0 Å². The molecule has 2 heterocycles. The number of rotatable bonds is 7. The third-order valence-electron chi connectivity index (χ3n) is 5.79. The average Bonchev–Trinajstić information content (AvgIpc) is 2.83. The summed E-state index contributed by atoms with van der Waals surface area (Å²) in [5, 5.41) is 0. The van der Waals surface area contributed by atoms with Crippen LogP contribution in [0.1, 0.15) is 30.2 Å². The molecule has 1 aromatic heterocycles. The molecule has 31 heavy (non-hydrogen) atoms. The molecule has 2 aromatic carbocycles. The molecule has 0 saturated carbocycles. The SMILES string of the molecule is COC(=O)CC(C)N1CCc2nc(-c3ccc(OCc4ccccc4)cc3)ccc2C1. The van der Waals surface area contributed by atoms with E-state index in [2.05, 4.69) is 48.2 Å². The second kappa shape index (κ2) is 9.75. The molecule has 0 N–H and O–H groups in total. The Hall–Kier alpha value is -3.18. The molecule has 3 aromatic rings.